The van der Waals surface area contributed by atoms with Crippen molar-refractivity contribution in [1.29, 1.82) is 0 Å². The summed E-state index contributed by atoms with van der Waals surface area (Å²) in [5.74, 6) is -0.0346. The summed E-state index contributed by atoms with van der Waals surface area (Å²) in [5, 5.41) is 2.73. The molecule has 1 heterocycles. The number of hydrogen-bond acceptors (Lipinski definition) is 4. The van der Waals surface area contributed by atoms with Crippen LogP contribution in [0.5, 0.6) is 0 Å². The molecule has 6 heteroatoms. The Labute approximate surface area is 108 Å². The van der Waals surface area contributed by atoms with Crippen LogP contribution in [0.4, 0.5) is 0 Å². The van der Waals surface area contributed by atoms with E-state index in [4.69, 9.17) is 5.73 Å². The summed E-state index contributed by atoms with van der Waals surface area (Å²) in [7, 11) is 0. The van der Waals surface area contributed by atoms with Crippen LogP contribution in [0.25, 0.3) is 0 Å². The average Bonchev–Trinajstić information content (AvgIpc) is 2.36. The number of rotatable bonds is 5. The third-order valence-corrected chi connectivity index (χ3v) is 2.88. The van der Waals surface area contributed by atoms with Gasteiger partial charge in [0.25, 0.3) is 0 Å². The zero-order valence-corrected chi connectivity index (χ0v) is 10.9. The Balaban J connectivity index is 2.29. The molecular weight excluding hydrogens is 232 g/mol. The van der Waals surface area contributed by atoms with Gasteiger partial charge in [0.05, 0.1) is 12.6 Å². The van der Waals surface area contributed by atoms with E-state index in [9.17, 15) is 9.59 Å². The first-order valence-corrected chi connectivity index (χ1v) is 6.19. The van der Waals surface area contributed by atoms with Gasteiger partial charge in [0.15, 0.2) is 0 Å². The van der Waals surface area contributed by atoms with Crippen molar-refractivity contribution in [3.63, 3.8) is 0 Å². The molecule has 102 valence electrons. The van der Waals surface area contributed by atoms with Gasteiger partial charge in [-0.2, -0.15) is 0 Å². The molecule has 0 unspecified atom stereocenters. The number of hydrogen-bond donors (Lipinski definition) is 2. The summed E-state index contributed by atoms with van der Waals surface area (Å²) >= 11 is 0. The minimum absolute atomic E-state index is 0.0122. The molecule has 0 aromatic rings. The van der Waals surface area contributed by atoms with Crippen LogP contribution in [0.3, 0.4) is 0 Å². The number of piperazine rings is 1. The van der Waals surface area contributed by atoms with Crippen LogP contribution in [0.15, 0.2) is 12.7 Å². The monoisotopic (exact) mass is 254 g/mol. The maximum Gasteiger partial charge on any atom is 0.239 e. The van der Waals surface area contributed by atoms with E-state index in [-0.39, 0.29) is 11.8 Å². The predicted octanol–water partition coefficient (Wildman–Crippen LogP) is -1.22. The van der Waals surface area contributed by atoms with Gasteiger partial charge in [-0.05, 0) is 6.92 Å². The summed E-state index contributed by atoms with van der Waals surface area (Å²) in [6.07, 6.45) is 1.65. The first-order chi connectivity index (χ1) is 8.54. The molecule has 3 N–H and O–H groups in total. The Morgan fingerprint density at radius 3 is 2.50 bits per heavy atom. The van der Waals surface area contributed by atoms with Crippen molar-refractivity contribution in [2.75, 3.05) is 39.3 Å². The van der Waals surface area contributed by atoms with Gasteiger partial charge < -0.3 is 16.0 Å². The normalized spacial score (nSPS) is 18.2. The molecule has 1 fully saturated rings. The highest BCUT2D eigenvalue weighted by molar-refractivity contribution is 5.81. The smallest absolute Gasteiger partial charge is 0.239 e. The molecule has 0 aromatic carbocycles. The zero-order valence-electron chi connectivity index (χ0n) is 10.9. The predicted molar refractivity (Wildman–Crippen MR) is 69.9 cm³/mol. The van der Waals surface area contributed by atoms with Gasteiger partial charge in [-0.25, -0.2) is 0 Å². The molecule has 0 bridgehead atoms. The lowest BCUT2D eigenvalue weighted by Gasteiger charge is -2.35. The fraction of sp³-hybridized carbons (Fsp3) is 0.667. The van der Waals surface area contributed by atoms with Gasteiger partial charge in [0.2, 0.25) is 11.8 Å². The molecule has 0 radical (unpaired) electrons. The number of nitrogens with one attached hydrogen (secondary N) is 1. The van der Waals surface area contributed by atoms with Gasteiger partial charge in [-0.1, -0.05) is 6.08 Å². The van der Waals surface area contributed by atoms with Crippen LogP contribution >= 0.6 is 0 Å². The molecule has 18 heavy (non-hydrogen) atoms. The molecule has 6 nitrogen and oxygen atoms in total. The fourth-order valence-corrected chi connectivity index (χ4v) is 1.86. The Hall–Kier alpha value is -1.40. The molecule has 1 aliphatic rings. The number of nitrogens with zero attached hydrogens (tertiary/aromatic N) is 2. The topological polar surface area (TPSA) is 78.7 Å². The lowest BCUT2D eigenvalue weighted by molar-refractivity contribution is -0.134. The van der Waals surface area contributed by atoms with Crippen molar-refractivity contribution >= 4 is 11.8 Å². The Morgan fingerprint density at radius 2 is 2.00 bits per heavy atom. The van der Waals surface area contributed by atoms with Crippen molar-refractivity contribution in [1.82, 2.24) is 15.1 Å². The Morgan fingerprint density at radius 1 is 1.39 bits per heavy atom. The van der Waals surface area contributed by atoms with Crippen LogP contribution in [-0.2, 0) is 9.59 Å². The Kier molecular flexibility index (Phi) is 5.80. The summed E-state index contributed by atoms with van der Waals surface area (Å²) in [5.41, 5.74) is 5.56. The van der Waals surface area contributed by atoms with Crippen molar-refractivity contribution in [2.45, 2.75) is 13.0 Å². The Bertz CT molecular complexity index is 309. The van der Waals surface area contributed by atoms with E-state index >= 15 is 0 Å². The van der Waals surface area contributed by atoms with E-state index < -0.39 is 6.04 Å². The second-order valence-electron chi connectivity index (χ2n) is 4.48. The summed E-state index contributed by atoms with van der Waals surface area (Å²) < 4.78 is 0. The lowest BCUT2D eigenvalue weighted by Crippen LogP contribution is -2.54. The van der Waals surface area contributed by atoms with Crippen LogP contribution < -0.4 is 11.1 Å². The van der Waals surface area contributed by atoms with Gasteiger partial charge in [0.1, 0.15) is 0 Å². The highest BCUT2D eigenvalue weighted by Gasteiger charge is 2.23. The molecule has 2 amide bonds. The molecule has 0 aromatic heterocycles. The first kappa shape index (κ1) is 14.7. The third-order valence-electron chi connectivity index (χ3n) is 2.88. The number of nitrogens with two attached hydrogens (primary N) is 1. The van der Waals surface area contributed by atoms with Gasteiger partial charge in [0, 0.05) is 32.7 Å². The molecule has 0 spiro atoms. The van der Waals surface area contributed by atoms with Gasteiger partial charge in [-0.15, -0.1) is 6.58 Å². The fourth-order valence-electron chi connectivity index (χ4n) is 1.86. The van der Waals surface area contributed by atoms with Crippen LogP contribution in [0, 0.1) is 0 Å². The van der Waals surface area contributed by atoms with Crippen molar-refractivity contribution in [2.24, 2.45) is 5.73 Å². The highest BCUT2D eigenvalue weighted by atomic mass is 16.2. The van der Waals surface area contributed by atoms with E-state index in [2.05, 4.69) is 11.9 Å². The molecule has 1 aliphatic heterocycles. The minimum atomic E-state index is -0.451. The SMILES string of the molecule is C=CCNC(=O)CN1CCN(C(=O)[C@@H](C)N)CC1. The van der Waals surface area contributed by atoms with E-state index in [1.165, 1.54) is 0 Å². The molecule has 0 saturated carbocycles. The van der Waals surface area contributed by atoms with Crippen molar-refractivity contribution < 1.29 is 9.59 Å². The average molecular weight is 254 g/mol. The quantitative estimate of drug-likeness (QED) is 0.603. The van der Waals surface area contributed by atoms with Crippen molar-refractivity contribution in [3.8, 4) is 0 Å². The molecular formula is C12H22N4O2. The maximum atomic E-state index is 11.7. The van der Waals surface area contributed by atoms with Crippen LogP contribution in [0.2, 0.25) is 0 Å². The molecule has 1 saturated heterocycles. The number of amides is 2. The summed E-state index contributed by atoms with van der Waals surface area (Å²) in [6.45, 7) is 8.77. The van der Waals surface area contributed by atoms with Gasteiger partial charge >= 0.3 is 0 Å². The van der Waals surface area contributed by atoms with Crippen LogP contribution in [0.1, 0.15) is 6.92 Å². The summed E-state index contributed by atoms with van der Waals surface area (Å²) in [4.78, 5) is 26.9. The summed E-state index contributed by atoms with van der Waals surface area (Å²) in [6, 6.07) is -0.451. The lowest BCUT2D eigenvalue weighted by atomic mass is 10.2. The minimum Gasteiger partial charge on any atom is -0.352 e. The second-order valence-corrected chi connectivity index (χ2v) is 4.48. The molecule has 1 rings (SSSR count). The standard InChI is InChI=1S/C12H22N4O2/c1-3-4-14-11(17)9-15-5-7-16(8-6-15)12(18)10(2)13/h3,10H,1,4-9,13H2,2H3,(H,14,17)/t10-/m1/s1. The van der Waals surface area contributed by atoms with E-state index in [0.29, 0.717) is 39.3 Å². The van der Waals surface area contributed by atoms with Crippen LogP contribution in [-0.4, -0.2) is 66.9 Å². The van der Waals surface area contributed by atoms with E-state index in [1.54, 1.807) is 17.9 Å². The third kappa shape index (κ3) is 4.46. The van der Waals surface area contributed by atoms with Crippen molar-refractivity contribution in [3.05, 3.63) is 12.7 Å². The number of carbonyl (C=O) groups is 2. The second kappa shape index (κ2) is 7.13. The first-order valence-electron chi connectivity index (χ1n) is 6.19. The van der Waals surface area contributed by atoms with E-state index in [1.807, 2.05) is 4.90 Å². The highest BCUT2D eigenvalue weighted by Crippen LogP contribution is 2.03. The molecule has 0 aliphatic carbocycles. The molecule has 1 atom stereocenters. The zero-order chi connectivity index (χ0) is 13.5. The largest absolute Gasteiger partial charge is 0.352 e. The van der Waals surface area contributed by atoms with E-state index in [0.717, 1.165) is 0 Å². The number of carbonyl (C=O) groups excluding carboxylic acids is 2. The van der Waals surface area contributed by atoms with Gasteiger partial charge in [-0.3, -0.25) is 14.5 Å². The maximum absolute atomic E-state index is 11.7.